The van der Waals surface area contributed by atoms with Gasteiger partial charge in [0.15, 0.2) is 18.0 Å². The molecule has 0 amide bonds. The van der Waals surface area contributed by atoms with Crippen LogP contribution in [0.5, 0.6) is 0 Å². The van der Waals surface area contributed by atoms with Crippen LogP contribution in [0.25, 0.3) is 0 Å². The first kappa shape index (κ1) is 27.4. The van der Waals surface area contributed by atoms with Crippen LogP contribution in [0.4, 0.5) is 4.39 Å². The summed E-state index contributed by atoms with van der Waals surface area (Å²) in [5, 5.41) is 11.8. The van der Waals surface area contributed by atoms with Crippen LogP contribution >= 0.6 is 15.9 Å². The van der Waals surface area contributed by atoms with E-state index in [4.69, 9.17) is 9.47 Å². The summed E-state index contributed by atoms with van der Waals surface area (Å²) in [7, 11) is 0. The third kappa shape index (κ3) is 3.74. The average Bonchev–Trinajstić information content (AvgIpc) is 3.08. The third-order valence-corrected chi connectivity index (χ3v) is 11.7. The Labute approximate surface area is 219 Å². The van der Waals surface area contributed by atoms with Gasteiger partial charge in [-0.05, 0) is 62.0 Å². The van der Waals surface area contributed by atoms with Crippen LogP contribution in [-0.4, -0.2) is 57.4 Å². The van der Waals surface area contributed by atoms with Gasteiger partial charge in [0.1, 0.15) is 6.17 Å². The second-order valence-electron chi connectivity index (χ2n) is 11.5. The summed E-state index contributed by atoms with van der Waals surface area (Å²) in [6.45, 7) is 6.27. The smallest absolute Gasteiger partial charge is 0.306 e. The lowest BCUT2D eigenvalue weighted by Crippen LogP contribution is -2.70. The molecule has 1 N–H and O–H groups in total. The van der Waals surface area contributed by atoms with Crippen molar-refractivity contribution in [2.75, 3.05) is 6.61 Å². The number of rotatable bonds is 6. The van der Waals surface area contributed by atoms with E-state index in [1.807, 2.05) is 20.8 Å². The van der Waals surface area contributed by atoms with Crippen LogP contribution < -0.4 is 0 Å². The summed E-state index contributed by atoms with van der Waals surface area (Å²) in [6.07, 6.45) is 1.37. The Morgan fingerprint density at radius 3 is 2.56 bits per heavy atom. The predicted molar refractivity (Wildman–Crippen MR) is 132 cm³/mol. The maximum Gasteiger partial charge on any atom is 0.306 e. The van der Waals surface area contributed by atoms with E-state index in [0.29, 0.717) is 24.8 Å². The van der Waals surface area contributed by atoms with Gasteiger partial charge in [-0.15, -0.1) is 0 Å². The molecule has 0 aromatic rings. The highest BCUT2D eigenvalue weighted by atomic mass is 79.9. The lowest BCUT2D eigenvalue weighted by atomic mass is 9.45. The summed E-state index contributed by atoms with van der Waals surface area (Å²) in [4.78, 5) is 50.0. The van der Waals surface area contributed by atoms with E-state index < -0.39 is 57.4 Å². The van der Waals surface area contributed by atoms with Gasteiger partial charge in [-0.25, -0.2) is 4.39 Å². The number of hydrogen-bond acceptors (Lipinski definition) is 7. The molecule has 200 valence electrons. The lowest BCUT2D eigenvalue weighted by Gasteiger charge is -2.65. The fourth-order valence-corrected chi connectivity index (χ4v) is 9.06. The van der Waals surface area contributed by atoms with Gasteiger partial charge in [0, 0.05) is 30.6 Å². The minimum absolute atomic E-state index is 0.0917. The number of allylic oxidation sites excluding steroid dienone is 1. The fraction of sp³-hybridized carbons (Fsp3) is 0.778. The first-order chi connectivity index (χ1) is 16.8. The highest BCUT2D eigenvalue weighted by Crippen LogP contribution is 2.72. The lowest BCUT2D eigenvalue weighted by molar-refractivity contribution is -0.199. The number of carbonyl (C=O) groups is 4. The molecule has 0 aromatic heterocycles. The first-order valence-corrected chi connectivity index (χ1v) is 13.7. The van der Waals surface area contributed by atoms with Crippen molar-refractivity contribution in [3.8, 4) is 0 Å². The summed E-state index contributed by atoms with van der Waals surface area (Å²) in [6, 6.07) is 0. The van der Waals surface area contributed by atoms with Crippen molar-refractivity contribution in [2.24, 2.45) is 22.7 Å². The number of alkyl halides is 2. The van der Waals surface area contributed by atoms with Crippen molar-refractivity contribution in [3.05, 3.63) is 11.6 Å². The Balaban J connectivity index is 1.79. The van der Waals surface area contributed by atoms with E-state index in [1.54, 1.807) is 0 Å². The van der Waals surface area contributed by atoms with Gasteiger partial charge in [0.25, 0.3) is 0 Å². The highest BCUT2D eigenvalue weighted by molar-refractivity contribution is 9.10. The molecule has 4 aliphatic carbocycles. The standard InChI is InChI=1S/C27H36BrFO7/c1-5-6-23(34)36-26(22(33)14-35-15(2)30)10-8-17-18-12-20(29)19-11-16(31)7-9-24(19,3)27(18,28)21(32)13-25(17,26)4/h11,17-18,20-21,32H,5-10,12-14H2,1-4H3/t17?,18?,20?,21?,24-,25-,26-,27-/m0/s1. The van der Waals surface area contributed by atoms with E-state index in [9.17, 15) is 24.3 Å². The van der Waals surface area contributed by atoms with E-state index in [2.05, 4.69) is 15.9 Å². The molecule has 4 rings (SSSR count). The molecule has 0 heterocycles. The summed E-state index contributed by atoms with van der Waals surface area (Å²) >= 11 is 3.91. The Kier molecular flexibility index (Phi) is 7.08. The van der Waals surface area contributed by atoms with Gasteiger partial charge in [-0.3, -0.25) is 19.2 Å². The Morgan fingerprint density at radius 1 is 1.22 bits per heavy atom. The predicted octanol–water partition coefficient (Wildman–Crippen LogP) is 4.17. The van der Waals surface area contributed by atoms with E-state index >= 15 is 4.39 Å². The maximum absolute atomic E-state index is 15.7. The minimum atomic E-state index is -1.58. The van der Waals surface area contributed by atoms with Gasteiger partial charge >= 0.3 is 11.9 Å². The van der Waals surface area contributed by atoms with E-state index in [-0.39, 0.29) is 49.7 Å². The van der Waals surface area contributed by atoms with Crippen LogP contribution in [0, 0.1) is 22.7 Å². The van der Waals surface area contributed by atoms with Crippen molar-refractivity contribution in [1.29, 1.82) is 0 Å². The van der Waals surface area contributed by atoms with Crippen LogP contribution in [-0.2, 0) is 28.7 Å². The zero-order valence-corrected chi connectivity index (χ0v) is 23.0. The summed E-state index contributed by atoms with van der Waals surface area (Å²) < 4.78 is 25.8. The number of carbonyl (C=O) groups excluding carboxylic acids is 4. The van der Waals surface area contributed by atoms with Crippen molar-refractivity contribution < 1.29 is 38.1 Å². The molecule has 3 saturated carbocycles. The van der Waals surface area contributed by atoms with Gasteiger partial charge < -0.3 is 14.6 Å². The van der Waals surface area contributed by atoms with E-state index in [0.717, 1.165) is 0 Å². The van der Waals surface area contributed by atoms with Crippen LogP contribution in [0.2, 0.25) is 0 Å². The SMILES string of the molecule is CCCC(=O)O[C@]1(C(=O)COC(C)=O)CCC2C3CC(F)C4=CC(=O)CC[C@]4(C)[C@@]3(Br)C(O)C[C@@]21C. The molecule has 0 aromatic carbocycles. The Hall–Kier alpha value is -1.61. The van der Waals surface area contributed by atoms with Gasteiger partial charge in [-0.2, -0.15) is 0 Å². The second-order valence-corrected chi connectivity index (χ2v) is 12.8. The zero-order chi connectivity index (χ0) is 26.7. The second kappa shape index (κ2) is 9.29. The molecule has 4 unspecified atom stereocenters. The number of halogens is 2. The first-order valence-electron chi connectivity index (χ1n) is 12.9. The number of hydrogen-bond donors (Lipinski definition) is 1. The Bertz CT molecular complexity index is 1010. The molecule has 36 heavy (non-hydrogen) atoms. The molecular weight excluding hydrogens is 535 g/mol. The molecule has 4 aliphatic rings. The molecular formula is C27H36BrFO7. The van der Waals surface area contributed by atoms with Crippen molar-refractivity contribution >= 4 is 39.4 Å². The van der Waals surface area contributed by atoms with Crippen molar-refractivity contribution in [1.82, 2.24) is 0 Å². The molecule has 8 atom stereocenters. The van der Waals surface area contributed by atoms with Crippen molar-refractivity contribution in [3.63, 3.8) is 0 Å². The normalized spacial score (nSPS) is 43.5. The molecule has 0 bridgehead atoms. The number of aliphatic hydroxyl groups excluding tert-OH is 1. The van der Waals surface area contributed by atoms with Crippen LogP contribution in [0.3, 0.4) is 0 Å². The average molecular weight is 571 g/mol. The highest BCUT2D eigenvalue weighted by Gasteiger charge is 2.75. The van der Waals surface area contributed by atoms with Crippen LogP contribution in [0.1, 0.15) is 79.1 Å². The number of esters is 2. The third-order valence-electron chi connectivity index (χ3n) is 9.74. The number of ketones is 2. The number of ether oxygens (including phenoxy) is 2. The number of Topliss-reactive ketones (excluding diaryl/α,β-unsaturated/α-hetero) is 1. The quantitative estimate of drug-likeness (QED) is 0.377. The number of aliphatic hydroxyl groups is 1. The zero-order valence-electron chi connectivity index (χ0n) is 21.4. The summed E-state index contributed by atoms with van der Waals surface area (Å²) in [5.74, 6) is -2.36. The Morgan fingerprint density at radius 2 is 1.92 bits per heavy atom. The molecule has 7 nitrogen and oxygen atoms in total. The molecule has 0 spiro atoms. The number of fused-ring (bicyclic) bond motifs is 5. The van der Waals surface area contributed by atoms with Gasteiger partial charge in [0.2, 0.25) is 5.78 Å². The molecule has 3 fully saturated rings. The van der Waals surface area contributed by atoms with E-state index in [1.165, 1.54) is 13.0 Å². The molecule has 9 heteroatoms. The molecule has 0 saturated heterocycles. The monoisotopic (exact) mass is 570 g/mol. The fourth-order valence-electron chi connectivity index (χ4n) is 7.96. The molecule has 0 radical (unpaired) electrons. The van der Waals surface area contributed by atoms with Gasteiger partial charge in [0.05, 0.1) is 10.4 Å². The summed E-state index contributed by atoms with van der Waals surface area (Å²) in [5.41, 5.74) is -2.92. The largest absolute Gasteiger partial charge is 0.458 e. The maximum atomic E-state index is 15.7. The van der Waals surface area contributed by atoms with Gasteiger partial charge in [-0.1, -0.05) is 36.7 Å². The van der Waals surface area contributed by atoms with Crippen LogP contribution in [0.15, 0.2) is 11.6 Å². The molecule has 0 aliphatic heterocycles. The minimum Gasteiger partial charge on any atom is -0.458 e. The van der Waals surface area contributed by atoms with Crippen molar-refractivity contribution in [2.45, 2.75) is 101 Å². The topological polar surface area (TPSA) is 107 Å².